The van der Waals surface area contributed by atoms with Crippen LogP contribution in [0.5, 0.6) is 0 Å². The fourth-order valence-corrected chi connectivity index (χ4v) is 2.71. The summed E-state index contributed by atoms with van der Waals surface area (Å²) in [5.74, 6) is 0. The first kappa shape index (κ1) is 27.8. The van der Waals surface area contributed by atoms with E-state index >= 15 is 0 Å². The van der Waals surface area contributed by atoms with E-state index < -0.39 is 0 Å². The van der Waals surface area contributed by atoms with Gasteiger partial charge in [-0.15, -0.1) is 49.6 Å². The SMILES string of the molecule is CN1CCN(CC(O)CN2CCN(C)CC2)CC1.Cl.Cl.Cl.Cl. The zero-order chi connectivity index (χ0) is 13.0. The summed E-state index contributed by atoms with van der Waals surface area (Å²) in [5, 5.41) is 10.2. The molecule has 0 unspecified atom stereocenters. The Bertz CT molecular complexity index is 226. The van der Waals surface area contributed by atoms with Gasteiger partial charge in [0.2, 0.25) is 0 Å². The van der Waals surface area contributed by atoms with Crippen molar-refractivity contribution in [1.82, 2.24) is 19.6 Å². The molecule has 2 aliphatic heterocycles. The van der Waals surface area contributed by atoms with Crippen LogP contribution in [0.4, 0.5) is 0 Å². The maximum atomic E-state index is 10.2. The van der Waals surface area contributed by atoms with Gasteiger partial charge in [0, 0.05) is 65.4 Å². The molecule has 0 atom stereocenters. The van der Waals surface area contributed by atoms with Crippen LogP contribution in [0.25, 0.3) is 0 Å². The molecule has 2 fully saturated rings. The first-order chi connectivity index (χ1) is 8.63. The highest BCUT2D eigenvalue weighted by Crippen LogP contribution is 2.04. The lowest BCUT2D eigenvalue weighted by Crippen LogP contribution is -2.51. The molecule has 0 radical (unpaired) electrons. The highest BCUT2D eigenvalue weighted by atomic mass is 35.5. The van der Waals surface area contributed by atoms with E-state index in [4.69, 9.17) is 0 Å². The molecule has 2 aliphatic rings. The highest BCUT2D eigenvalue weighted by molar-refractivity contribution is 5.86. The molecule has 0 aromatic heterocycles. The minimum atomic E-state index is -0.197. The summed E-state index contributed by atoms with van der Waals surface area (Å²) in [6.45, 7) is 10.5. The van der Waals surface area contributed by atoms with E-state index in [0.717, 1.165) is 65.4 Å². The molecule has 0 saturated carbocycles. The number of hydrogen-bond donors (Lipinski definition) is 1. The minimum Gasteiger partial charge on any atom is -0.390 e. The average Bonchev–Trinajstić information content (AvgIpc) is 2.35. The van der Waals surface area contributed by atoms with E-state index in [1.807, 2.05) is 0 Å². The lowest BCUT2D eigenvalue weighted by molar-refractivity contribution is 0.0423. The Kier molecular flexibility index (Phi) is 18.1. The van der Waals surface area contributed by atoms with E-state index in [2.05, 4.69) is 33.7 Å². The molecule has 1 N–H and O–H groups in total. The number of likely N-dealkylation sites (N-methyl/N-ethyl adjacent to an activating group) is 2. The van der Waals surface area contributed by atoms with Crippen LogP contribution >= 0.6 is 49.6 Å². The van der Waals surface area contributed by atoms with Crippen molar-refractivity contribution in [1.29, 1.82) is 0 Å². The van der Waals surface area contributed by atoms with Crippen LogP contribution in [0, 0.1) is 0 Å². The summed E-state index contributed by atoms with van der Waals surface area (Å²) < 4.78 is 0. The molecule has 2 heterocycles. The van der Waals surface area contributed by atoms with E-state index in [1.165, 1.54) is 0 Å². The van der Waals surface area contributed by atoms with Gasteiger partial charge in [0.05, 0.1) is 6.10 Å². The first-order valence-corrected chi connectivity index (χ1v) is 7.13. The van der Waals surface area contributed by atoms with Gasteiger partial charge in [-0.3, -0.25) is 9.80 Å². The molecule has 5 nitrogen and oxygen atoms in total. The van der Waals surface area contributed by atoms with Gasteiger partial charge in [0.25, 0.3) is 0 Å². The highest BCUT2D eigenvalue weighted by Gasteiger charge is 2.20. The van der Waals surface area contributed by atoms with Crippen molar-refractivity contribution < 1.29 is 5.11 Å². The van der Waals surface area contributed by atoms with Crippen LogP contribution < -0.4 is 0 Å². The third-order valence-electron chi connectivity index (χ3n) is 4.13. The smallest absolute Gasteiger partial charge is 0.0793 e. The molecule has 0 aliphatic carbocycles. The average molecular weight is 402 g/mol. The van der Waals surface area contributed by atoms with Crippen molar-refractivity contribution >= 4 is 49.6 Å². The molecule has 138 valence electrons. The summed E-state index contributed by atoms with van der Waals surface area (Å²) in [4.78, 5) is 9.48. The van der Waals surface area contributed by atoms with E-state index in [1.54, 1.807) is 0 Å². The fourth-order valence-electron chi connectivity index (χ4n) is 2.71. The van der Waals surface area contributed by atoms with Crippen molar-refractivity contribution in [3.05, 3.63) is 0 Å². The van der Waals surface area contributed by atoms with Gasteiger partial charge in [-0.1, -0.05) is 0 Å². The predicted molar refractivity (Wildman–Crippen MR) is 103 cm³/mol. The normalized spacial score (nSPS) is 21.3. The monoisotopic (exact) mass is 400 g/mol. The Hall–Kier alpha value is 0.960. The zero-order valence-electron chi connectivity index (χ0n) is 13.5. The van der Waals surface area contributed by atoms with Gasteiger partial charge >= 0.3 is 0 Å². The molecule has 0 amide bonds. The number of hydrogen-bond acceptors (Lipinski definition) is 5. The molecular formula is C13H32Cl4N4O. The van der Waals surface area contributed by atoms with Crippen molar-refractivity contribution in [2.75, 3.05) is 79.5 Å². The van der Waals surface area contributed by atoms with Crippen molar-refractivity contribution in [2.45, 2.75) is 6.10 Å². The Morgan fingerprint density at radius 3 is 1.18 bits per heavy atom. The Balaban J connectivity index is -0.000000902. The standard InChI is InChI=1S/C13H28N4O.4ClH/c1-14-3-7-16(8-4-14)11-13(18)12-17-9-5-15(2)6-10-17;;;;/h13,18H,3-12H2,1-2H3;4*1H. The number of halogens is 4. The molecule has 9 heteroatoms. The number of β-amino-alcohol motifs (C(OH)–C–C–N with tert-alkyl or cyclic N) is 1. The van der Waals surface area contributed by atoms with E-state index in [9.17, 15) is 5.11 Å². The maximum Gasteiger partial charge on any atom is 0.0793 e. The van der Waals surface area contributed by atoms with Crippen LogP contribution in [0.15, 0.2) is 0 Å². The number of aliphatic hydroxyl groups is 1. The molecule has 2 rings (SSSR count). The zero-order valence-corrected chi connectivity index (χ0v) is 16.8. The third kappa shape index (κ3) is 9.96. The number of piperazine rings is 2. The maximum absolute atomic E-state index is 10.2. The van der Waals surface area contributed by atoms with Gasteiger partial charge in [-0.05, 0) is 14.1 Å². The van der Waals surface area contributed by atoms with E-state index in [0.29, 0.717) is 0 Å². The minimum absolute atomic E-state index is 0. The van der Waals surface area contributed by atoms with Crippen LogP contribution in [-0.4, -0.2) is 110 Å². The van der Waals surface area contributed by atoms with Crippen LogP contribution in [0.3, 0.4) is 0 Å². The second-order valence-electron chi connectivity index (χ2n) is 5.86. The van der Waals surface area contributed by atoms with Crippen molar-refractivity contribution in [2.24, 2.45) is 0 Å². The molecule has 2 saturated heterocycles. The Morgan fingerprint density at radius 1 is 0.636 bits per heavy atom. The summed E-state index contributed by atoms with van der Waals surface area (Å²) in [6.07, 6.45) is -0.197. The third-order valence-corrected chi connectivity index (χ3v) is 4.13. The number of nitrogens with zero attached hydrogens (tertiary/aromatic N) is 4. The number of aliphatic hydroxyl groups excluding tert-OH is 1. The second-order valence-corrected chi connectivity index (χ2v) is 5.86. The fraction of sp³-hybridized carbons (Fsp3) is 1.00. The number of rotatable bonds is 4. The summed E-state index contributed by atoms with van der Waals surface area (Å²) in [7, 11) is 4.33. The summed E-state index contributed by atoms with van der Waals surface area (Å²) in [5.41, 5.74) is 0. The van der Waals surface area contributed by atoms with Crippen molar-refractivity contribution in [3.8, 4) is 0 Å². The van der Waals surface area contributed by atoms with Gasteiger partial charge in [0.1, 0.15) is 0 Å². The lowest BCUT2D eigenvalue weighted by atomic mass is 10.2. The largest absolute Gasteiger partial charge is 0.390 e. The molecular weight excluding hydrogens is 370 g/mol. The lowest BCUT2D eigenvalue weighted by Gasteiger charge is -2.36. The molecule has 22 heavy (non-hydrogen) atoms. The first-order valence-electron chi connectivity index (χ1n) is 7.13. The Morgan fingerprint density at radius 2 is 0.909 bits per heavy atom. The van der Waals surface area contributed by atoms with Crippen LogP contribution in [0.2, 0.25) is 0 Å². The molecule has 0 bridgehead atoms. The van der Waals surface area contributed by atoms with E-state index in [-0.39, 0.29) is 55.7 Å². The molecule has 0 spiro atoms. The molecule has 0 aromatic rings. The van der Waals surface area contributed by atoms with Crippen molar-refractivity contribution in [3.63, 3.8) is 0 Å². The summed E-state index contributed by atoms with van der Waals surface area (Å²) in [6, 6.07) is 0. The molecule has 0 aromatic carbocycles. The van der Waals surface area contributed by atoms with Gasteiger partial charge < -0.3 is 14.9 Å². The van der Waals surface area contributed by atoms with Crippen LogP contribution in [-0.2, 0) is 0 Å². The topological polar surface area (TPSA) is 33.2 Å². The van der Waals surface area contributed by atoms with Gasteiger partial charge in [-0.25, -0.2) is 0 Å². The summed E-state index contributed by atoms with van der Waals surface area (Å²) >= 11 is 0. The predicted octanol–water partition coefficient (Wildman–Crippen LogP) is 0.529. The quantitative estimate of drug-likeness (QED) is 0.742. The van der Waals surface area contributed by atoms with Gasteiger partial charge in [-0.2, -0.15) is 0 Å². The Labute approximate surface area is 160 Å². The van der Waals surface area contributed by atoms with Gasteiger partial charge in [0.15, 0.2) is 0 Å². The second kappa shape index (κ2) is 14.3. The van der Waals surface area contributed by atoms with Crippen LogP contribution in [0.1, 0.15) is 0 Å².